The van der Waals surface area contributed by atoms with Crippen molar-refractivity contribution in [3.8, 4) is 0 Å². The van der Waals surface area contributed by atoms with E-state index < -0.39 is 71.4 Å². The monoisotopic (exact) mass is 494 g/mol. The maximum absolute atomic E-state index is 12.7. The number of carbonyl (C=O) groups is 2. The van der Waals surface area contributed by atoms with E-state index in [4.69, 9.17) is 4.74 Å². The molecule has 1 aliphatic heterocycles. The summed E-state index contributed by atoms with van der Waals surface area (Å²) in [6, 6.07) is 0. The van der Waals surface area contributed by atoms with Gasteiger partial charge in [-0.25, -0.2) is 0 Å². The number of hydrogen-bond donors (Lipinski definition) is 6. The molecule has 0 bridgehead atoms. The predicted molar refractivity (Wildman–Crippen MR) is 122 cm³/mol. The normalized spacial score (nSPS) is 53.5. The van der Waals surface area contributed by atoms with Gasteiger partial charge in [0.15, 0.2) is 11.6 Å². The Morgan fingerprint density at radius 1 is 1.06 bits per heavy atom. The van der Waals surface area contributed by atoms with Crippen molar-refractivity contribution in [1.82, 2.24) is 0 Å². The predicted octanol–water partition coefficient (Wildman–Crippen LogP) is -0.367. The van der Waals surface area contributed by atoms with Crippen LogP contribution in [-0.2, 0) is 14.3 Å². The Hall–Kier alpha value is -1.20. The molecule has 6 N–H and O–H groups in total. The molecule has 9 heteroatoms. The Morgan fingerprint density at radius 2 is 1.77 bits per heavy atom. The van der Waals surface area contributed by atoms with Crippen LogP contribution in [0, 0.1) is 28.1 Å². The summed E-state index contributed by atoms with van der Waals surface area (Å²) in [4.78, 5) is 25.1. The lowest BCUT2D eigenvalue weighted by Gasteiger charge is -2.69. The lowest BCUT2D eigenvalue weighted by molar-refractivity contribution is -0.269. The largest absolute Gasteiger partial charge is 0.394 e. The number of hydrogen-bond acceptors (Lipinski definition) is 9. The van der Waals surface area contributed by atoms with Crippen molar-refractivity contribution in [2.24, 2.45) is 28.1 Å². The zero-order chi connectivity index (χ0) is 25.6. The third kappa shape index (κ3) is 2.94. The average Bonchev–Trinajstić information content (AvgIpc) is 3.26. The number of allylic oxidation sites excluding steroid dienone is 1. The maximum Gasteiger partial charge on any atom is 0.190 e. The summed E-state index contributed by atoms with van der Waals surface area (Å²) < 4.78 is 6.16. The van der Waals surface area contributed by atoms with Gasteiger partial charge in [0.1, 0.15) is 30.5 Å². The highest BCUT2D eigenvalue weighted by Gasteiger charge is 2.77. The molecule has 4 aliphatic carbocycles. The summed E-state index contributed by atoms with van der Waals surface area (Å²) in [5.41, 5.74) is -3.73. The third-order valence-corrected chi connectivity index (χ3v) is 11.1. The average molecular weight is 495 g/mol. The molecule has 4 fully saturated rings. The lowest BCUT2D eigenvalue weighted by atomic mass is 9.36. The third-order valence-electron chi connectivity index (χ3n) is 11.1. The molecule has 3 saturated carbocycles. The molecule has 1 heterocycles. The summed E-state index contributed by atoms with van der Waals surface area (Å²) in [5.74, 6) is -1.15. The second kappa shape index (κ2) is 8.15. The van der Waals surface area contributed by atoms with Crippen molar-refractivity contribution in [2.75, 3.05) is 13.2 Å². The van der Waals surface area contributed by atoms with Gasteiger partial charge in [-0.2, -0.15) is 0 Å². The minimum absolute atomic E-state index is 0.0196. The molecule has 5 aliphatic rings. The second-order valence-electron chi connectivity index (χ2n) is 12.0. The van der Waals surface area contributed by atoms with Crippen molar-refractivity contribution < 1.29 is 45.0 Å². The maximum atomic E-state index is 12.7. The Kier molecular flexibility index (Phi) is 5.93. The van der Waals surface area contributed by atoms with Crippen molar-refractivity contribution in [3.63, 3.8) is 0 Å². The topological polar surface area (TPSA) is 165 Å². The van der Waals surface area contributed by atoms with Crippen molar-refractivity contribution in [2.45, 2.75) is 94.9 Å². The Labute approximate surface area is 204 Å². The first-order chi connectivity index (χ1) is 16.4. The molecule has 9 nitrogen and oxygen atoms in total. The first-order valence-corrected chi connectivity index (χ1v) is 12.8. The van der Waals surface area contributed by atoms with Crippen LogP contribution in [0.25, 0.3) is 0 Å². The Bertz CT molecular complexity index is 949. The highest BCUT2D eigenvalue weighted by atomic mass is 16.6. The fourth-order valence-electron chi connectivity index (χ4n) is 9.32. The Balaban J connectivity index is 1.70. The number of Topliss-reactive ketones (excluding diaryl/α,β-unsaturated/α-hetero) is 1. The van der Waals surface area contributed by atoms with Crippen LogP contribution in [0.1, 0.15) is 58.8 Å². The van der Waals surface area contributed by atoms with E-state index in [2.05, 4.69) is 0 Å². The molecule has 0 unspecified atom stereocenters. The van der Waals surface area contributed by atoms with Crippen LogP contribution in [0.4, 0.5) is 0 Å². The second-order valence-corrected chi connectivity index (χ2v) is 12.0. The summed E-state index contributed by atoms with van der Waals surface area (Å²) in [6.45, 7) is 2.53. The molecular weight excluding hydrogens is 456 g/mol. The molecular formula is C26H38O9. The summed E-state index contributed by atoms with van der Waals surface area (Å²) in [7, 11) is 0. The van der Waals surface area contributed by atoms with Crippen LogP contribution in [0.3, 0.4) is 0 Å². The lowest BCUT2D eigenvalue weighted by Crippen LogP contribution is -2.72. The van der Waals surface area contributed by atoms with E-state index in [0.717, 1.165) is 5.57 Å². The number of ketones is 2. The minimum atomic E-state index is -1.78. The van der Waals surface area contributed by atoms with Gasteiger partial charge in [-0.3, -0.25) is 9.59 Å². The van der Waals surface area contributed by atoms with E-state index in [1.165, 1.54) is 0 Å². The van der Waals surface area contributed by atoms with E-state index in [1.807, 2.05) is 6.92 Å². The molecule has 0 aromatic rings. The minimum Gasteiger partial charge on any atom is -0.394 e. The molecule has 5 rings (SSSR count). The summed E-state index contributed by atoms with van der Waals surface area (Å²) >= 11 is 0. The van der Waals surface area contributed by atoms with Crippen LogP contribution in [0.15, 0.2) is 11.6 Å². The number of ether oxygens (including phenoxy) is 1. The first-order valence-electron chi connectivity index (χ1n) is 12.8. The van der Waals surface area contributed by atoms with E-state index in [1.54, 1.807) is 13.0 Å². The summed E-state index contributed by atoms with van der Waals surface area (Å²) in [6.07, 6.45) is -1.60. The van der Waals surface area contributed by atoms with Gasteiger partial charge in [-0.05, 0) is 56.4 Å². The fourth-order valence-corrected chi connectivity index (χ4v) is 9.32. The van der Waals surface area contributed by atoms with E-state index >= 15 is 0 Å². The van der Waals surface area contributed by atoms with Gasteiger partial charge in [0, 0.05) is 22.7 Å². The molecule has 0 aromatic carbocycles. The van der Waals surface area contributed by atoms with Crippen molar-refractivity contribution in [3.05, 3.63) is 11.6 Å². The molecule has 0 amide bonds. The first kappa shape index (κ1) is 25.4. The van der Waals surface area contributed by atoms with Gasteiger partial charge >= 0.3 is 0 Å². The summed E-state index contributed by atoms with van der Waals surface area (Å²) in [5, 5.41) is 65.0. The van der Waals surface area contributed by atoms with Gasteiger partial charge in [0.2, 0.25) is 0 Å². The van der Waals surface area contributed by atoms with Gasteiger partial charge in [-0.15, -0.1) is 0 Å². The molecule has 1 saturated heterocycles. The fraction of sp³-hybridized carbons (Fsp3) is 0.846. The quantitative estimate of drug-likeness (QED) is 0.306. The highest BCUT2D eigenvalue weighted by Crippen LogP contribution is 2.74. The standard InChI is InChI=1S/C26H38O9/c1-23-7-5-14(29)9-13(23)3-4-16-15-6-8-25(34,19(31)12-28)24(15,2)10-18(30)26(16,23)22-21(33)20(32)17(11-27)35-22/h9,15-18,20-22,27-28,30,32-34H,3-8,10-12H2,1-2H3/t15-,16-,17-,18-,20-,21+,22-,23-,24-,25-,26+/m0/s1. The van der Waals surface area contributed by atoms with Crippen LogP contribution >= 0.6 is 0 Å². The van der Waals surface area contributed by atoms with Crippen LogP contribution in [0.2, 0.25) is 0 Å². The number of aliphatic hydroxyl groups is 6. The van der Waals surface area contributed by atoms with Crippen LogP contribution in [0.5, 0.6) is 0 Å². The number of rotatable bonds is 4. The Morgan fingerprint density at radius 3 is 2.40 bits per heavy atom. The zero-order valence-corrected chi connectivity index (χ0v) is 20.4. The van der Waals surface area contributed by atoms with Gasteiger partial charge in [0.05, 0.1) is 18.8 Å². The van der Waals surface area contributed by atoms with E-state index in [-0.39, 0.29) is 36.9 Å². The number of carbonyl (C=O) groups excluding carboxylic acids is 2. The van der Waals surface area contributed by atoms with Crippen LogP contribution < -0.4 is 0 Å². The van der Waals surface area contributed by atoms with E-state index in [9.17, 15) is 40.2 Å². The molecule has 0 aromatic heterocycles. The molecule has 35 heavy (non-hydrogen) atoms. The number of aliphatic hydroxyl groups excluding tert-OH is 5. The van der Waals surface area contributed by atoms with Crippen molar-refractivity contribution >= 4 is 11.6 Å². The molecule has 11 atom stereocenters. The van der Waals surface area contributed by atoms with Crippen molar-refractivity contribution in [1.29, 1.82) is 0 Å². The zero-order valence-electron chi connectivity index (χ0n) is 20.4. The SMILES string of the molecule is C[C@]12CCC(=O)C=C1CC[C@H]1[C@@H]3CC[C@](O)(C(=O)CO)[C@@]3(C)C[C@H](O)[C@@]12[C@H]1O[C@@H](CO)[C@H](O)[C@H]1O. The van der Waals surface area contributed by atoms with Gasteiger partial charge in [-0.1, -0.05) is 19.4 Å². The molecule has 196 valence electrons. The molecule has 0 spiro atoms. The van der Waals surface area contributed by atoms with Gasteiger partial charge < -0.3 is 35.4 Å². The smallest absolute Gasteiger partial charge is 0.190 e. The molecule has 0 radical (unpaired) electrons. The number of fused-ring (bicyclic) bond motifs is 5. The highest BCUT2D eigenvalue weighted by molar-refractivity contribution is 5.92. The van der Waals surface area contributed by atoms with E-state index in [0.29, 0.717) is 25.7 Å². The van der Waals surface area contributed by atoms with Gasteiger partial charge in [0.25, 0.3) is 0 Å². The van der Waals surface area contributed by atoms with Crippen LogP contribution in [-0.4, -0.2) is 91.5 Å².